The first-order valence-electron chi connectivity index (χ1n) is 5.04. The van der Waals surface area contributed by atoms with E-state index in [9.17, 15) is 0 Å². The van der Waals surface area contributed by atoms with Crippen LogP contribution in [-0.4, -0.2) is 19.3 Å². The average Bonchev–Trinajstić information content (AvgIpc) is 2.18. The number of nitrogens with one attached hydrogen (secondary N) is 1. The van der Waals surface area contributed by atoms with Gasteiger partial charge in [-0.3, -0.25) is 0 Å². The third-order valence-corrected chi connectivity index (χ3v) is 2.56. The average molecular weight is 228 g/mol. The maximum atomic E-state index is 5.89. The van der Waals surface area contributed by atoms with E-state index in [0.717, 1.165) is 18.1 Å². The molecule has 0 aliphatic heterocycles. The van der Waals surface area contributed by atoms with Crippen molar-refractivity contribution in [1.29, 1.82) is 0 Å². The quantitative estimate of drug-likeness (QED) is 0.835. The molecule has 0 aromatic heterocycles. The molecule has 0 aliphatic carbocycles. The van der Waals surface area contributed by atoms with Crippen molar-refractivity contribution in [3.05, 3.63) is 34.9 Å². The van der Waals surface area contributed by atoms with Crippen molar-refractivity contribution >= 4 is 11.6 Å². The summed E-state index contributed by atoms with van der Waals surface area (Å²) in [7, 11) is 1.72. The van der Waals surface area contributed by atoms with E-state index in [2.05, 4.69) is 25.2 Å². The molecule has 3 heteroatoms. The Morgan fingerprint density at radius 1 is 1.40 bits per heavy atom. The molecule has 0 atom stereocenters. The number of hydrogen-bond donors (Lipinski definition) is 1. The maximum absolute atomic E-state index is 5.89. The molecule has 0 aliphatic rings. The smallest absolute Gasteiger partial charge is 0.0746 e. The van der Waals surface area contributed by atoms with Gasteiger partial charge in [0.25, 0.3) is 0 Å². The zero-order valence-corrected chi connectivity index (χ0v) is 10.3. The predicted octanol–water partition coefficient (Wildman–Crippen LogP) is 2.85. The first kappa shape index (κ1) is 12.5. The van der Waals surface area contributed by atoms with E-state index in [-0.39, 0.29) is 5.60 Å². The van der Waals surface area contributed by atoms with Crippen LogP contribution < -0.4 is 5.32 Å². The standard InChI is InChI=1S/C12H18ClNO/c1-12(2,15-3)9-14-8-10-5-4-6-11(13)7-10/h4-7,14H,8-9H2,1-3H3. The first-order chi connectivity index (χ1) is 7.03. The molecular weight excluding hydrogens is 210 g/mol. The maximum Gasteiger partial charge on any atom is 0.0746 e. The highest BCUT2D eigenvalue weighted by Crippen LogP contribution is 2.11. The van der Waals surface area contributed by atoms with Crippen LogP contribution in [0.25, 0.3) is 0 Å². The molecule has 2 nitrogen and oxygen atoms in total. The molecular formula is C12H18ClNO. The number of ether oxygens (including phenoxy) is 1. The third kappa shape index (κ3) is 4.65. The largest absolute Gasteiger partial charge is 0.377 e. The van der Waals surface area contributed by atoms with E-state index in [1.807, 2.05) is 18.2 Å². The van der Waals surface area contributed by atoms with Gasteiger partial charge in [0.05, 0.1) is 5.60 Å². The fourth-order valence-corrected chi connectivity index (χ4v) is 1.44. The summed E-state index contributed by atoms with van der Waals surface area (Å²) >= 11 is 5.89. The van der Waals surface area contributed by atoms with Crippen LogP contribution in [-0.2, 0) is 11.3 Å². The summed E-state index contributed by atoms with van der Waals surface area (Å²) in [5.41, 5.74) is 1.06. The molecule has 1 aromatic carbocycles. The third-order valence-electron chi connectivity index (χ3n) is 2.32. The lowest BCUT2D eigenvalue weighted by atomic mass is 10.1. The Morgan fingerprint density at radius 2 is 2.13 bits per heavy atom. The fraction of sp³-hybridized carbons (Fsp3) is 0.500. The summed E-state index contributed by atoms with van der Waals surface area (Å²) in [5.74, 6) is 0. The molecule has 0 unspecified atom stereocenters. The molecule has 0 saturated heterocycles. The molecule has 0 amide bonds. The predicted molar refractivity (Wildman–Crippen MR) is 64.2 cm³/mol. The lowest BCUT2D eigenvalue weighted by Gasteiger charge is -2.23. The van der Waals surface area contributed by atoms with Crippen LogP contribution in [0.1, 0.15) is 19.4 Å². The molecule has 0 spiro atoms. The first-order valence-corrected chi connectivity index (χ1v) is 5.41. The van der Waals surface area contributed by atoms with Gasteiger partial charge in [-0.05, 0) is 31.5 Å². The van der Waals surface area contributed by atoms with Crippen molar-refractivity contribution in [2.24, 2.45) is 0 Å². The highest BCUT2D eigenvalue weighted by molar-refractivity contribution is 6.30. The van der Waals surface area contributed by atoms with E-state index in [1.54, 1.807) is 7.11 Å². The second kappa shape index (κ2) is 5.50. The highest BCUT2D eigenvalue weighted by atomic mass is 35.5. The number of benzene rings is 1. The second-order valence-corrected chi connectivity index (χ2v) is 4.63. The van der Waals surface area contributed by atoms with Gasteiger partial charge in [-0.2, -0.15) is 0 Å². The summed E-state index contributed by atoms with van der Waals surface area (Å²) < 4.78 is 5.31. The lowest BCUT2D eigenvalue weighted by Crippen LogP contribution is -2.36. The zero-order chi connectivity index (χ0) is 11.3. The monoisotopic (exact) mass is 227 g/mol. The molecule has 1 N–H and O–H groups in total. The van der Waals surface area contributed by atoms with Crippen molar-refractivity contribution < 1.29 is 4.74 Å². The highest BCUT2D eigenvalue weighted by Gasteiger charge is 2.14. The summed E-state index contributed by atoms with van der Waals surface area (Å²) in [5, 5.41) is 4.11. The summed E-state index contributed by atoms with van der Waals surface area (Å²) in [6, 6.07) is 7.86. The second-order valence-electron chi connectivity index (χ2n) is 4.20. The SMILES string of the molecule is COC(C)(C)CNCc1cccc(Cl)c1. The molecule has 0 saturated carbocycles. The summed E-state index contributed by atoms with van der Waals surface area (Å²) in [6.07, 6.45) is 0. The molecule has 0 radical (unpaired) electrons. The van der Waals surface area contributed by atoms with E-state index in [4.69, 9.17) is 16.3 Å². The number of rotatable bonds is 5. The molecule has 84 valence electrons. The van der Waals surface area contributed by atoms with Gasteiger partial charge in [0.15, 0.2) is 0 Å². The molecule has 0 heterocycles. The van der Waals surface area contributed by atoms with Crippen LogP contribution in [0.4, 0.5) is 0 Å². The van der Waals surface area contributed by atoms with Crippen molar-refractivity contribution in [1.82, 2.24) is 5.32 Å². The number of halogens is 1. The van der Waals surface area contributed by atoms with Gasteiger partial charge < -0.3 is 10.1 Å². The van der Waals surface area contributed by atoms with Gasteiger partial charge in [-0.25, -0.2) is 0 Å². The van der Waals surface area contributed by atoms with Crippen LogP contribution in [0.2, 0.25) is 5.02 Å². The summed E-state index contributed by atoms with van der Waals surface area (Å²) in [6.45, 7) is 5.74. The van der Waals surface area contributed by atoms with E-state index in [1.165, 1.54) is 5.56 Å². The Morgan fingerprint density at radius 3 is 2.73 bits per heavy atom. The van der Waals surface area contributed by atoms with Crippen LogP contribution in [0, 0.1) is 0 Å². The lowest BCUT2D eigenvalue weighted by molar-refractivity contribution is 0.0231. The van der Waals surface area contributed by atoms with Crippen LogP contribution in [0.5, 0.6) is 0 Å². The van der Waals surface area contributed by atoms with Gasteiger partial charge in [0.2, 0.25) is 0 Å². The molecule has 1 aromatic rings. The van der Waals surface area contributed by atoms with Crippen molar-refractivity contribution in [2.45, 2.75) is 26.0 Å². The van der Waals surface area contributed by atoms with Gasteiger partial charge in [0.1, 0.15) is 0 Å². The van der Waals surface area contributed by atoms with Crippen molar-refractivity contribution in [2.75, 3.05) is 13.7 Å². The van der Waals surface area contributed by atoms with Gasteiger partial charge in [0, 0.05) is 25.2 Å². The fourth-order valence-electron chi connectivity index (χ4n) is 1.23. The number of methoxy groups -OCH3 is 1. The van der Waals surface area contributed by atoms with E-state index >= 15 is 0 Å². The van der Waals surface area contributed by atoms with Crippen LogP contribution in [0.15, 0.2) is 24.3 Å². The minimum Gasteiger partial charge on any atom is -0.377 e. The topological polar surface area (TPSA) is 21.3 Å². The molecule has 1 rings (SSSR count). The minimum atomic E-state index is -0.126. The van der Waals surface area contributed by atoms with E-state index < -0.39 is 0 Å². The van der Waals surface area contributed by atoms with Gasteiger partial charge in [-0.1, -0.05) is 23.7 Å². The summed E-state index contributed by atoms with van der Waals surface area (Å²) in [4.78, 5) is 0. The Labute approximate surface area is 96.6 Å². The Kier molecular flexibility index (Phi) is 4.58. The van der Waals surface area contributed by atoms with E-state index in [0.29, 0.717) is 0 Å². The zero-order valence-electron chi connectivity index (χ0n) is 9.51. The Bertz CT molecular complexity index is 312. The van der Waals surface area contributed by atoms with Crippen molar-refractivity contribution in [3.63, 3.8) is 0 Å². The Hall–Kier alpha value is -0.570. The molecule has 0 bridgehead atoms. The molecule has 0 fully saturated rings. The van der Waals surface area contributed by atoms with Gasteiger partial charge in [-0.15, -0.1) is 0 Å². The Balaban J connectivity index is 2.38. The molecule has 15 heavy (non-hydrogen) atoms. The van der Waals surface area contributed by atoms with Crippen LogP contribution in [0.3, 0.4) is 0 Å². The number of hydrogen-bond acceptors (Lipinski definition) is 2. The van der Waals surface area contributed by atoms with Crippen LogP contribution >= 0.6 is 11.6 Å². The normalized spacial score (nSPS) is 11.7. The van der Waals surface area contributed by atoms with Crippen molar-refractivity contribution in [3.8, 4) is 0 Å². The van der Waals surface area contributed by atoms with Gasteiger partial charge >= 0.3 is 0 Å². The minimum absolute atomic E-state index is 0.126.